The molecule has 0 saturated carbocycles. The lowest BCUT2D eigenvalue weighted by atomic mass is 9.98. The van der Waals surface area contributed by atoms with E-state index in [0.717, 1.165) is 27.9 Å². The van der Waals surface area contributed by atoms with E-state index in [4.69, 9.17) is 5.73 Å². The number of aryl methyl sites for hydroxylation is 2. The summed E-state index contributed by atoms with van der Waals surface area (Å²) in [6.07, 6.45) is 1.67. The molecule has 1 aliphatic rings. The van der Waals surface area contributed by atoms with Crippen molar-refractivity contribution < 1.29 is 18.0 Å². The van der Waals surface area contributed by atoms with Crippen LogP contribution in [0.3, 0.4) is 0 Å². The van der Waals surface area contributed by atoms with Crippen LogP contribution in [0.5, 0.6) is 0 Å². The minimum Gasteiger partial charge on any atom is -0.366 e. The van der Waals surface area contributed by atoms with Gasteiger partial charge in [-0.3, -0.25) is 13.9 Å². The van der Waals surface area contributed by atoms with Gasteiger partial charge in [-0.15, -0.1) is 0 Å². The van der Waals surface area contributed by atoms with Gasteiger partial charge in [-0.2, -0.15) is 0 Å². The third kappa shape index (κ3) is 9.08. The lowest BCUT2D eigenvalue weighted by molar-refractivity contribution is -0.136. The van der Waals surface area contributed by atoms with Gasteiger partial charge in [0.2, 0.25) is 21.8 Å². The van der Waals surface area contributed by atoms with Gasteiger partial charge in [0.15, 0.2) is 0 Å². The summed E-state index contributed by atoms with van der Waals surface area (Å²) < 4.78 is 27.0. The van der Waals surface area contributed by atoms with Crippen molar-refractivity contribution in [2.24, 2.45) is 11.7 Å². The van der Waals surface area contributed by atoms with Crippen LogP contribution in [0, 0.1) is 19.8 Å². The quantitative estimate of drug-likeness (QED) is 0.309. The van der Waals surface area contributed by atoms with Gasteiger partial charge in [0.05, 0.1) is 17.6 Å². The second-order valence-electron chi connectivity index (χ2n) is 12.5. The predicted molar refractivity (Wildman–Crippen MR) is 182 cm³/mol. The van der Waals surface area contributed by atoms with Crippen molar-refractivity contribution in [2.45, 2.75) is 52.6 Å². The Hall–Kier alpha value is -3.89. The average Bonchev–Trinajstić information content (AvgIpc) is 3.00. The van der Waals surface area contributed by atoms with E-state index < -0.39 is 22.1 Å². The summed E-state index contributed by atoms with van der Waals surface area (Å²) in [5.41, 5.74) is 11.9. The van der Waals surface area contributed by atoms with E-state index in [9.17, 15) is 18.0 Å². The van der Waals surface area contributed by atoms with Crippen molar-refractivity contribution in [3.05, 3.63) is 95.1 Å². The first kappa shape index (κ1) is 34.0. The minimum absolute atomic E-state index is 0.0697. The van der Waals surface area contributed by atoms with Crippen LogP contribution in [0.15, 0.2) is 72.8 Å². The number of nitrogens with zero attached hydrogens (tertiary/aromatic N) is 3. The van der Waals surface area contributed by atoms with Crippen LogP contribution in [-0.2, 0) is 26.0 Å². The molecule has 9 nitrogen and oxygen atoms in total. The highest BCUT2D eigenvalue weighted by atomic mass is 32.2. The standard InChI is InChI=1S/C35H47N5O4S/c1-25(2)24-40(45(5,43)44)33-13-9-8-12-32(33)38-18-20-39(21-19-38)35(42)31(22-28-16-14-26(3)15-17-28)37-34(41)23-30(36)29-11-7-6-10-27(29)4/h6-17,25,30-31H,18-24,36H2,1-5H3,(H,37,41)/t30?,31-/m1/s1. The maximum absolute atomic E-state index is 14.0. The van der Waals surface area contributed by atoms with Gasteiger partial charge in [0.25, 0.3) is 0 Å². The van der Waals surface area contributed by atoms with Crippen molar-refractivity contribution in [3.63, 3.8) is 0 Å². The molecule has 3 aromatic rings. The number of benzene rings is 3. The number of nitrogens with one attached hydrogen (secondary N) is 1. The lowest BCUT2D eigenvalue weighted by Crippen LogP contribution is -2.56. The first-order chi connectivity index (χ1) is 21.3. The van der Waals surface area contributed by atoms with Gasteiger partial charge in [0, 0.05) is 51.6 Å². The van der Waals surface area contributed by atoms with Gasteiger partial charge < -0.3 is 20.9 Å². The van der Waals surface area contributed by atoms with Crippen molar-refractivity contribution in [2.75, 3.05) is 48.2 Å². The Morgan fingerprint density at radius 1 is 0.911 bits per heavy atom. The summed E-state index contributed by atoms with van der Waals surface area (Å²) in [4.78, 5) is 31.1. The maximum Gasteiger partial charge on any atom is 0.245 e. The Kier molecular flexibility index (Phi) is 11.3. The summed E-state index contributed by atoms with van der Waals surface area (Å²) in [5.74, 6) is -0.261. The molecule has 3 aromatic carbocycles. The smallest absolute Gasteiger partial charge is 0.245 e. The third-order valence-corrected chi connectivity index (χ3v) is 9.35. The van der Waals surface area contributed by atoms with E-state index in [-0.39, 0.29) is 24.2 Å². The van der Waals surface area contributed by atoms with E-state index in [1.165, 1.54) is 10.6 Å². The number of hydrogen-bond acceptors (Lipinski definition) is 6. The van der Waals surface area contributed by atoms with Crippen LogP contribution in [0.1, 0.15) is 48.6 Å². The van der Waals surface area contributed by atoms with Crippen molar-refractivity contribution >= 4 is 33.2 Å². The van der Waals surface area contributed by atoms with Gasteiger partial charge in [-0.25, -0.2) is 8.42 Å². The van der Waals surface area contributed by atoms with Crippen LogP contribution in [-0.4, -0.2) is 70.2 Å². The third-order valence-electron chi connectivity index (χ3n) is 8.20. The van der Waals surface area contributed by atoms with E-state index in [0.29, 0.717) is 44.8 Å². The predicted octanol–water partition coefficient (Wildman–Crippen LogP) is 4.19. The normalized spacial score (nSPS) is 15.1. The number of carbonyl (C=O) groups excluding carboxylic acids is 2. The molecule has 0 aromatic heterocycles. The fourth-order valence-corrected chi connectivity index (χ4v) is 6.88. The molecule has 1 aliphatic heterocycles. The number of piperazine rings is 1. The number of carbonyl (C=O) groups is 2. The molecule has 10 heteroatoms. The molecule has 3 N–H and O–H groups in total. The van der Waals surface area contributed by atoms with Crippen molar-refractivity contribution in [1.29, 1.82) is 0 Å². The van der Waals surface area contributed by atoms with E-state index in [2.05, 4.69) is 10.2 Å². The maximum atomic E-state index is 14.0. The summed E-state index contributed by atoms with van der Waals surface area (Å²) >= 11 is 0. The first-order valence-electron chi connectivity index (χ1n) is 15.6. The Morgan fingerprint density at radius 2 is 1.53 bits per heavy atom. The Labute approximate surface area is 268 Å². The lowest BCUT2D eigenvalue weighted by Gasteiger charge is -2.39. The molecule has 1 heterocycles. The highest BCUT2D eigenvalue weighted by Gasteiger charge is 2.31. The number of para-hydroxylation sites is 2. The number of nitrogens with two attached hydrogens (primary N) is 1. The number of hydrogen-bond donors (Lipinski definition) is 2. The van der Waals surface area contributed by atoms with Gasteiger partial charge in [0.1, 0.15) is 6.04 Å². The highest BCUT2D eigenvalue weighted by molar-refractivity contribution is 7.92. The summed E-state index contributed by atoms with van der Waals surface area (Å²) in [5, 5.41) is 3.00. The molecule has 1 fully saturated rings. The summed E-state index contributed by atoms with van der Waals surface area (Å²) in [7, 11) is -3.49. The van der Waals surface area contributed by atoms with E-state index in [1.807, 2.05) is 100 Å². The van der Waals surface area contributed by atoms with Crippen LogP contribution < -0.4 is 20.3 Å². The van der Waals surface area contributed by atoms with Gasteiger partial charge in [-0.05, 0) is 48.6 Å². The zero-order valence-electron chi connectivity index (χ0n) is 27.1. The summed E-state index contributed by atoms with van der Waals surface area (Å²) in [6.45, 7) is 10.3. The molecule has 1 saturated heterocycles. The molecule has 0 spiro atoms. The molecule has 1 unspecified atom stereocenters. The van der Waals surface area contributed by atoms with E-state index >= 15 is 0 Å². The SMILES string of the molecule is Cc1ccc(C[C@@H](NC(=O)CC(N)c2ccccc2C)C(=O)N2CCN(c3ccccc3N(CC(C)C)S(C)(=O)=O)CC2)cc1. The molecule has 0 bridgehead atoms. The molecular formula is C35H47N5O4S. The average molecular weight is 634 g/mol. The topological polar surface area (TPSA) is 116 Å². The monoisotopic (exact) mass is 633 g/mol. The zero-order chi connectivity index (χ0) is 32.7. The summed E-state index contributed by atoms with van der Waals surface area (Å²) in [6, 6.07) is 22.0. The molecule has 4 rings (SSSR count). The van der Waals surface area contributed by atoms with Gasteiger partial charge in [-0.1, -0.05) is 80.1 Å². The Bertz CT molecular complexity index is 1570. The van der Waals surface area contributed by atoms with Crippen LogP contribution in [0.4, 0.5) is 11.4 Å². The molecule has 45 heavy (non-hydrogen) atoms. The molecule has 242 valence electrons. The number of anilines is 2. The molecule has 2 amide bonds. The second-order valence-corrected chi connectivity index (χ2v) is 14.4. The van der Waals surface area contributed by atoms with Crippen molar-refractivity contribution in [3.8, 4) is 0 Å². The van der Waals surface area contributed by atoms with Crippen LogP contribution in [0.2, 0.25) is 0 Å². The number of sulfonamides is 1. The fraction of sp³-hybridized carbons (Fsp3) is 0.429. The Morgan fingerprint density at radius 3 is 2.16 bits per heavy atom. The zero-order valence-corrected chi connectivity index (χ0v) is 27.9. The molecule has 2 atom stereocenters. The molecular weight excluding hydrogens is 586 g/mol. The van der Waals surface area contributed by atoms with Crippen LogP contribution >= 0.6 is 0 Å². The minimum atomic E-state index is -3.49. The fourth-order valence-electron chi connectivity index (χ4n) is 5.80. The Balaban J connectivity index is 1.49. The van der Waals surface area contributed by atoms with Crippen molar-refractivity contribution in [1.82, 2.24) is 10.2 Å². The van der Waals surface area contributed by atoms with E-state index in [1.54, 1.807) is 4.90 Å². The molecule has 0 aliphatic carbocycles. The second kappa shape index (κ2) is 14.9. The number of rotatable bonds is 12. The van der Waals surface area contributed by atoms with Crippen LogP contribution in [0.25, 0.3) is 0 Å². The molecule has 0 radical (unpaired) electrons. The largest absolute Gasteiger partial charge is 0.366 e. The number of amides is 2. The first-order valence-corrected chi connectivity index (χ1v) is 17.4. The highest BCUT2D eigenvalue weighted by Crippen LogP contribution is 2.32. The van der Waals surface area contributed by atoms with Gasteiger partial charge >= 0.3 is 0 Å².